The Morgan fingerprint density at radius 2 is 1.21 bits per heavy atom. The zero-order valence-corrected chi connectivity index (χ0v) is 39.5. The van der Waals surface area contributed by atoms with Crippen LogP contribution in [0.2, 0.25) is 0 Å². The van der Waals surface area contributed by atoms with Gasteiger partial charge in [0.2, 0.25) is 0 Å². The second-order valence-electron chi connectivity index (χ2n) is 14.3. The number of aliphatic imine (C=N–C) groups is 4. The normalized spacial score (nSPS) is 17.9. The molecule has 1 aromatic carbocycles. The summed E-state index contributed by atoms with van der Waals surface area (Å²) in [5.74, 6) is 2.52. The maximum atomic E-state index is 5.29. The number of fused-ring (bicyclic) bond motifs is 13. The largest absolute Gasteiger partial charge is 0.313 e. The summed E-state index contributed by atoms with van der Waals surface area (Å²) >= 11 is 0. The molecular formula is C54H69N7. The zero-order chi connectivity index (χ0) is 45.1. The van der Waals surface area contributed by atoms with Gasteiger partial charge in [-0.3, -0.25) is 0 Å². The van der Waals surface area contributed by atoms with E-state index in [1.807, 2.05) is 116 Å². The molecule has 0 radical (unpaired) electrons. The summed E-state index contributed by atoms with van der Waals surface area (Å²) < 4.78 is 2.03. The number of nitrogens with zero attached hydrogens (tertiary/aromatic N) is 7. The summed E-state index contributed by atoms with van der Waals surface area (Å²) in [5, 5.41) is 3.99. The highest BCUT2D eigenvalue weighted by Crippen LogP contribution is 2.34. The molecule has 0 saturated carbocycles. The Morgan fingerprint density at radius 1 is 0.705 bits per heavy atom. The molecule has 7 nitrogen and oxygen atoms in total. The Morgan fingerprint density at radius 3 is 1.74 bits per heavy atom. The molecule has 0 N–H and O–H groups in total. The van der Waals surface area contributed by atoms with Crippen LogP contribution in [0.1, 0.15) is 116 Å². The van der Waals surface area contributed by atoms with Crippen LogP contribution in [-0.2, 0) is 7.05 Å². The first-order valence-corrected chi connectivity index (χ1v) is 22.3. The molecule has 8 bridgehead atoms. The maximum Gasteiger partial charge on any atom is 0.164 e. The number of aromatic nitrogens is 1. The molecule has 8 rings (SSSR count). The zero-order valence-electron chi connectivity index (χ0n) is 39.5. The number of allylic oxidation sites excluding steroid dienone is 10. The van der Waals surface area contributed by atoms with Gasteiger partial charge in [0.05, 0.1) is 11.4 Å². The third-order valence-electron chi connectivity index (χ3n) is 9.61. The van der Waals surface area contributed by atoms with E-state index in [1.165, 1.54) is 19.3 Å². The standard InChI is InChI=1S/C40H33N7.C5H12.C3H6.3C2H6/c1-6-8-15-27-24(7-2)34-41-32-22-33(26-17-13-12-16-25(26)32)42-37-31-23-40(3,4)21-14-20-28(31)36(44-37)46-39-30-19-11-9-10-18-29(30)38(47(39)5)45-35(27)43-34;1-3-5-4-2;1-3-2;3*1-2/h6-8,10-21,23H,22H2,1-5H3;3-5H2,1-2H3;3H,1H2,2H3;3*1-2H3/b8-6-,24-7-,27-15+,41-34?,42-37?,45-38?,46-39?;;;;;. The molecule has 320 valence electrons. The lowest BCUT2D eigenvalue weighted by Crippen LogP contribution is -2.38. The third kappa shape index (κ3) is 11.4. The Labute approximate surface area is 365 Å². The molecule has 0 unspecified atom stereocenters. The SMILES string of the molecule is C=CC.CC.CC.CC.CCCCC.C\C=C/C=C1/C2=NC(=NC3=c4ccccc4=C(C3)N=C3N=C(N=c4c5c(c(n4C)=N2)=CC=C=CC=5)C2=CC=CC(C)(C)C=C23)/C1=C\C. The molecule has 0 fully saturated rings. The van der Waals surface area contributed by atoms with Gasteiger partial charge in [-0.2, -0.15) is 0 Å². The molecule has 1 aromatic heterocycles. The van der Waals surface area contributed by atoms with Crippen molar-refractivity contribution in [2.45, 2.75) is 116 Å². The van der Waals surface area contributed by atoms with Crippen molar-refractivity contribution in [2.75, 3.05) is 0 Å². The van der Waals surface area contributed by atoms with E-state index in [9.17, 15) is 0 Å². The number of unbranched alkanes of at least 4 members (excludes halogenated alkanes) is 2. The molecule has 3 aliphatic heterocycles. The van der Waals surface area contributed by atoms with Gasteiger partial charge in [0.15, 0.2) is 23.3 Å². The lowest BCUT2D eigenvalue weighted by molar-refractivity contribution is 0.625. The minimum Gasteiger partial charge on any atom is -0.313 e. The van der Waals surface area contributed by atoms with Crippen molar-refractivity contribution in [3.8, 4) is 0 Å². The van der Waals surface area contributed by atoms with Gasteiger partial charge in [-0.25, -0.2) is 30.0 Å². The highest BCUT2D eigenvalue weighted by Gasteiger charge is 2.31. The van der Waals surface area contributed by atoms with Crippen LogP contribution < -0.4 is 31.9 Å². The average molecular weight is 816 g/mol. The molecule has 4 heterocycles. The smallest absolute Gasteiger partial charge is 0.164 e. The van der Waals surface area contributed by atoms with Gasteiger partial charge < -0.3 is 4.57 Å². The minimum absolute atomic E-state index is 0.189. The minimum atomic E-state index is -0.189. The molecule has 0 saturated heterocycles. The molecule has 0 amide bonds. The van der Waals surface area contributed by atoms with Gasteiger partial charge in [-0.05, 0) is 45.1 Å². The van der Waals surface area contributed by atoms with Crippen LogP contribution in [0, 0.1) is 5.41 Å². The van der Waals surface area contributed by atoms with E-state index < -0.39 is 0 Å². The summed E-state index contributed by atoms with van der Waals surface area (Å²) in [6, 6.07) is 8.33. The highest BCUT2D eigenvalue weighted by atomic mass is 15.1. The lowest BCUT2D eigenvalue weighted by atomic mass is 9.90. The van der Waals surface area contributed by atoms with E-state index in [4.69, 9.17) is 30.0 Å². The second kappa shape index (κ2) is 24.3. The topological polar surface area (TPSA) is 79.1 Å². The van der Waals surface area contributed by atoms with E-state index in [-0.39, 0.29) is 5.41 Å². The van der Waals surface area contributed by atoms with Crippen molar-refractivity contribution in [2.24, 2.45) is 42.4 Å². The first kappa shape index (κ1) is 49.3. The number of benzene rings is 1. The Bertz CT molecular complexity index is 2710. The predicted molar refractivity (Wildman–Crippen MR) is 266 cm³/mol. The number of rotatable bonds is 3. The van der Waals surface area contributed by atoms with Gasteiger partial charge in [0.1, 0.15) is 11.0 Å². The quantitative estimate of drug-likeness (QED) is 0.219. The van der Waals surface area contributed by atoms with Gasteiger partial charge >= 0.3 is 0 Å². The van der Waals surface area contributed by atoms with Crippen molar-refractivity contribution in [3.63, 3.8) is 0 Å². The van der Waals surface area contributed by atoms with Gasteiger partial charge in [-0.1, -0.05) is 167 Å². The summed E-state index contributed by atoms with van der Waals surface area (Å²) in [4.78, 5) is 31.3. The van der Waals surface area contributed by atoms with E-state index in [0.717, 1.165) is 65.5 Å². The fourth-order valence-electron chi connectivity index (χ4n) is 6.99. The Hall–Kier alpha value is -6.04. The third-order valence-corrected chi connectivity index (χ3v) is 9.61. The molecule has 0 spiro atoms. The van der Waals surface area contributed by atoms with Crippen LogP contribution >= 0.6 is 0 Å². The van der Waals surface area contributed by atoms with Gasteiger partial charge in [0.25, 0.3) is 0 Å². The van der Waals surface area contributed by atoms with E-state index in [1.54, 1.807) is 6.08 Å². The van der Waals surface area contributed by atoms with Crippen molar-refractivity contribution >= 4 is 46.9 Å². The second-order valence-corrected chi connectivity index (χ2v) is 14.3. The van der Waals surface area contributed by atoms with E-state index >= 15 is 0 Å². The van der Waals surface area contributed by atoms with Crippen LogP contribution in [0.5, 0.6) is 0 Å². The molecular weight excluding hydrogens is 747 g/mol. The molecule has 0 atom stereocenters. The van der Waals surface area contributed by atoms with Crippen molar-refractivity contribution in [3.05, 3.63) is 158 Å². The number of hydrogen-bond acceptors (Lipinski definition) is 6. The van der Waals surface area contributed by atoms with Crippen LogP contribution in [0.25, 0.3) is 23.5 Å². The fourth-order valence-corrected chi connectivity index (χ4v) is 6.99. The fraction of sp³-hybridized carbons (Fsp3) is 0.352. The van der Waals surface area contributed by atoms with Crippen LogP contribution in [0.15, 0.2) is 156 Å². The van der Waals surface area contributed by atoms with E-state index in [2.05, 4.69) is 94.7 Å². The predicted octanol–water partition coefficient (Wildman–Crippen LogP) is 9.87. The van der Waals surface area contributed by atoms with E-state index in [0.29, 0.717) is 29.8 Å². The molecule has 3 aliphatic carbocycles. The highest BCUT2D eigenvalue weighted by molar-refractivity contribution is 6.27. The van der Waals surface area contributed by atoms with Crippen molar-refractivity contribution in [1.82, 2.24) is 4.57 Å². The summed E-state index contributed by atoms with van der Waals surface area (Å²) in [5.41, 5.74) is 10.1. The molecule has 61 heavy (non-hydrogen) atoms. The first-order valence-electron chi connectivity index (χ1n) is 22.3. The Kier molecular flexibility index (Phi) is 19.6. The van der Waals surface area contributed by atoms with Crippen LogP contribution in [0.4, 0.5) is 0 Å². The Balaban J connectivity index is 0.000000632. The molecule has 7 heteroatoms. The number of hydrogen-bond donors (Lipinski definition) is 0. The average Bonchev–Trinajstić information content (AvgIpc) is 3.84. The summed E-state index contributed by atoms with van der Waals surface area (Å²) in [6.07, 6.45) is 31.1. The van der Waals surface area contributed by atoms with Gasteiger partial charge in [-0.15, -0.1) is 12.3 Å². The summed E-state index contributed by atoms with van der Waals surface area (Å²) in [7, 11) is 2.00. The first-order chi connectivity index (χ1) is 29.7. The summed E-state index contributed by atoms with van der Waals surface area (Å²) in [6.45, 7) is 30.1. The van der Waals surface area contributed by atoms with Crippen molar-refractivity contribution in [1.29, 1.82) is 0 Å². The number of amidine groups is 4. The monoisotopic (exact) mass is 816 g/mol. The molecule has 2 aromatic rings. The maximum absolute atomic E-state index is 5.29. The molecule has 6 aliphatic rings. The van der Waals surface area contributed by atoms with Crippen molar-refractivity contribution < 1.29 is 0 Å². The van der Waals surface area contributed by atoms with Crippen LogP contribution in [0.3, 0.4) is 0 Å². The van der Waals surface area contributed by atoms with Crippen LogP contribution in [-0.4, -0.2) is 27.9 Å². The lowest BCUT2D eigenvalue weighted by Gasteiger charge is -2.15. The van der Waals surface area contributed by atoms with Gasteiger partial charge in [0, 0.05) is 62.1 Å².